The molecule has 0 amide bonds. The summed E-state index contributed by atoms with van der Waals surface area (Å²) in [4.78, 5) is 52.7. The van der Waals surface area contributed by atoms with E-state index in [0.29, 0.717) is 0 Å². The fourth-order valence-corrected chi connectivity index (χ4v) is 4.15. The Hall–Kier alpha value is -1.93. The van der Waals surface area contributed by atoms with E-state index in [0.717, 1.165) is 0 Å². The van der Waals surface area contributed by atoms with Crippen molar-refractivity contribution in [1.29, 1.82) is 0 Å². The molecule has 0 saturated carbocycles. The van der Waals surface area contributed by atoms with Gasteiger partial charge in [0.1, 0.15) is 0 Å². The van der Waals surface area contributed by atoms with Crippen LogP contribution in [0.25, 0.3) is 0 Å². The van der Waals surface area contributed by atoms with Gasteiger partial charge in [0.15, 0.2) is 0 Å². The average molecular weight is 354 g/mol. The summed E-state index contributed by atoms with van der Waals surface area (Å²) in [6.45, 7) is 0. The summed E-state index contributed by atoms with van der Waals surface area (Å²) in [5.41, 5.74) is 0. The molecule has 23 heavy (non-hydrogen) atoms. The van der Waals surface area contributed by atoms with Gasteiger partial charge in [-0.25, -0.2) is 0 Å². The Morgan fingerprint density at radius 2 is 1.04 bits per heavy atom. The van der Waals surface area contributed by atoms with Crippen molar-refractivity contribution in [3.05, 3.63) is 0 Å². The van der Waals surface area contributed by atoms with Crippen molar-refractivity contribution in [2.75, 3.05) is 12.3 Å². The van der Waals surface area contributed by atoms with Crippen LogP contribution in [0.5, 0.6) is 0 Å². The minimum absolute atomic E-state index is 0.359. The van der Waals surface area contributed by atoms with Gasteiger partial charge < -0.3 is 25.3 Å². The molecule has 0 bridgehead atoms. The Balaban J connectivity index is 4.87. The fraction of sp³-hybridized carbons (Fsp3) is 0.667. The van der Waals surface area contributed by atoms with Gasteiger partial charge in [-0.1, -0.05) is 0 Å². The van der Waals surface area contributed by atoms with E-state index in [1.54, 1.807) is 0 Å². The molecule has 0 rings (SSSR count). The van der Waals surface area contributed by atoms with Crippen LogP contribution >= 0.6 is 7.37 Å². The predicted molar refractivity (Wildman–Crippen MR) is 75.6 cm³/mol. The van der Waals surface area contributed by atoms with Gasteiger partial charge in [0.05, 0.1) is 11.8 Å². The van der Waals surface area contributed by atoms with E-state index in [9.17, 15) is 28.6 Å². The third-order valence-corrected chi connectivity index (χ3v) is 5.15. The van der Waals surface area contributed by atoms with Crippen molar-refractivity contribution < 1.29 is 49.1 Å². The van der Waals surface area contributed by atoms with Gasteiger partial charge in [0.2, 0.25) is 7.37 Å². The molecule has 0 radical (unpaired) electrons. The summed E-state index contributed by atoms with van der Waals surface area (Å²) in [7, 11) is -4.18. The quantitative estimate of drug-likeness (QED) is 0.307. The summed E-state index contributed by atoms with van der Waals surface area (Å²) in [6, 6.07) is 0. The third kappa shape index (κ3) is 9.64. The summed E-state index contributed by atoms with van der Waals surface area (Å²) in [6.07, 6.45) is -3.24. The van der Waals surface area contributed by atoms with Crippen LogP contribution in [0.15, 0.2) is 0 Å². The molecule has 10 nitrogen and oxygen atoms in total. The van der Waals surface area contributed by atoms with E-state index in [1.165, 1.54) is 0 Å². The minimum atomic E-state index is -4.18. The molecule has 0 saturated heterocycles. The van der Waals surface area contributed by atoms with E-state index in [1.807, 2.05) is 0 Å². The molecule has 0 aliphatic heterocycles. The molecule has 0 aromatic rings. The molecule has 5 N–H and O–H groups in total. The van der Waals surface area contributed by atoms with Gasteiger partial charge in [-0.15, -0.1) is 0 Å². The Morgan fingerprint density at radius 3 is 1.26 bits per heavy atom. The van der Waals surface area contributed by atoms with Crippen molar-refractivity contribution in [1.82, 2.24) is 0 Å². The smallest absolute Gasteiger partial charge is 0.307 e. The third-order valence-electron chi connectivity index (χ3n) is 3.12. The van der Waals surface area contributed by atoms with Crippen molar-refractivity contribution in [3.63, 3.8) is 0 Å². The zero-order chi connectivity index (χ0) is 18.2. The van der Waals surface area contributed by atoms with Crippen LogP contribution in [0.4, 0.5) is 0 Å². The van der Waals surface area contributed by atoms with Crippen LogP contribution in [-0.2, 0) is 23.7 Å². The number of hydrogen-bond acceptors (Lipinski definition) is 5. The highest BCUT2D eigenvalue weighted by molar-refractivity contribution is 7.58. The Morgan fingerprint density at radius 1 is 0.739 bits per heavy atom. The number of hydrogen-bond donors (Lipinski definition) is 5. The SMILES string of the molecule is O=C(O)CC[C@H](CP(=O)(O)C[C@H](CCC(=O)O)C(=O)O)C(=O)O. The maximum Gasteiger partial charge on any atom is 0.307 e. The maximum atomic E-state index is 12.1. The van der Waals surface area contributed by atoms with Crippen LogP contribution in [0.1, 0.15) is 25.7 Å². The number of carbonyl (C=O) groups is 4. The first-order valence-corrected chi connectivity index (χ1v) is 8.67. The van der Waals surface area contributed by atoms with Gasteiger partial charge >= 0.3 is 23.9 Å². The van der Waals surface area contributed by atoms with Gasteiger partial charge in [0.25, 0.3) is 0 Å². The molecule has 1 unspecified atom stereocenters. The highest BCUT2D eigenvalue weighted by Gasteiger charge is 2.34. The van der Waals surface area contributed by atoms with Crippen molar-refractivity contribution in [2.45, 2.75) is 25.7 Å². The summed E-state index contributed by atoms with van der Waals surface area (Å²) < 4.78 is 12.1. The molecule has 11 heteroatoms. The Kier molecular flexibility index (Phi) is 8.49. The Bertz CT molecular complexity index is 472. The molecule has 3 atom stereocenters. The van der Waals surface area contributed by atoms with Crippen molar-refractivity contribution in [3.8, 4) is 0 Å². The van der Waals surface area contributed by atoms with Crippen LogP contribution in [-0.4, -0.2) is 61.5 Å². The second-order valence-electron chi connectivity index (χ2n) is 5.15. The first kappa shape index (κ1) is 21.1. The molecule has 0 aromatic heterocycles. The van der Waals surface area contributed by atoms with E-state index in [-0.39, 0.29) is 12.8 Å². The molecule has 0 aromatic carbocycles. The minimum Gasteiger partial charge on any atom is -0.481 e. The van der Waals surface area contributed by atoms with E-state index in [4.69, 9.17) is 20.4 Å². The molecule has 0 fully saturated rings. The highest BCUT2D eigenvalue weighted by atomic mass is 31.2. The van der Waals surface area contributed by atoms with E-state index < -0.39 is 68.2 Å². The zero-order valence-corrected chi connectivity index (χ0v) is 13.0. The topological polar surface area (TPSA) is 186 Å². The van der Waals surface area contributed by atoms with Crippen LogP contribution in [0.2, 0.25) is 0 Å². The second kappa shape index (κ2) is 9.26. The molecule has 132 valence electrons. The van der Waals surface area contributed by atoms with Gasteiger partial charge in [-0.2, -0.15) is 0 Å². The molecule has 0 aliphatic rings. The molecular formula is C12H19O10P. The summed E-state index contributed by atoms with van der Waals surface area (Å²) >= 11 is 0. The predicted octanol–water partition coefficient (Wildman–Crippen LogP) is 0.388. The summed E-state index contributed by atoms with van der Waals surface area (Å²) in [5.74, 6) is -8.19. The summed E-state index contributed by atoms with van der Waals surface area (Å²) in [5, 5.41) is 34.9. The largest absolute Gasteiger partial charge is 0.481 e. The number of rotatable bonds is 12. The molecule has 0 aliphatic carbocycles. The second-order valence-corrected chi connectivity index (χ2v) is 7.57. The van der Waals surface area contributed by atoms with E-state index in [2.05, 4.69) is 0 Å². The molecular weight excluding hydrogens is 335 g/mol. The lowest BCUT2D eigenvalue weighted by atomic mass is 10.1. The maximum absolute atomic E-state index is 12.1. The normalized spacial score (nSPS) is 16.0. The van der Waals surface area contributed by atoms with Crippen LogP contribution in [0, 0.1) is 11.8 Å². The lowest BCUT2D eigenvalue weighted by molar-refractivity contribution is -0.143. The lowest BCUT2D eigenvalue weighted by Crippen LogP contribution is -2.24. The Labute approximate surface area is 131 Å². The van der Waals surface area contributed by atoms with Gasteiger partial charge in [-0.05, 0) is 12.8 Å². The monoisotopic (exact) mass is 354 g/mol. The number of aliphatic carboxylic acids is 4. The molecule has 0 spiro atoms. The number of carboxylic acid groups (broad SMARTS) is 4. The number of carboxylic acids is 4. The lowest BCUT2D eigenvalue weighted by Gasteiger charge is -2.20. The standard InChI is InChI=1S/C12H19O10P/c13-9(14)3-1-7(11(17)18)5-23(21,22)6-8(12(19)20)2-4-10(15)16/h7-8H,1-6H2,(H,13,14)(H,15,16)(H,17,18)(H,19,20)(H,21,22)/t7-,8+. The first-order valence-electron chi connectivity index (χ1n) is 6.64. The first-order chi connectivity index (χ1) is 10.4. The van der Waals surface area contributed by atoms with E-state index >= 15 is 0 Å². The van der Waals surface area contributed by atoms with Crippen molar-refractivity contribution >= 4 is 31.2 Å². The average Bonchev–Trinajstić information content (AvgIpc) is 2.38. The van der Waals surface area contributed by atoms with Crippen LogP contribution in [0.3, 0.4) is 0 Å². The van der Waals surface area contributed by atoms with Crippen molar-refractivity contribution in [2.24, 2.45) is 11.8 Å². The fourth-order valence-electron chi connectivity index (χ4n) is 1.94. The zero-order valence-electron chi connectivity index (χ0n) is 12.1. The van der Waals surface area contributed by atoms with Gasteiger partial charge in [0, 0.05) is 25.2 Å². The molecule has 0 heterocycles. The van der Waals surface area contributed by atoms with Crippen LogP contribution < -0.4 is 0 Å². The van der Waals surface area contributed by atoms with Gasteiger partial charge in [-0.3, -0.25) is 23.7 Å². The highest BCUT2D eigenvalue weighted by Crippen LogP contribution is 2.46.